The predicted octanol–water partition coefficient (Wildman–Crippen LogP) is 5.04. The van der Waals surface area contributed by atoms with Crippen LogP contribution in [0, 0.1) is 28.6 Å². The van der Waals surface area contributed by atoms with Crippen LogP contribution in [0.5, 0.6) is 0 Å². The molecule has 0 amide bonds. The van der Waals surface area contributed by atoms with Crippen LogP contribution in [0.3, 0.4) is 0 Å². The number of benzene rings is 2. The molecule has 1 aliphatic carbocycles. The van der Waals surface area contributed by atoms with E-state index in [1.807, 2.05) is 6.08 Å². The minimum atomic E-state index is -0.605. The summed E-state index contributed by atoms with van der Waals surface area (Å²) in [6, 6.07) is 17.2. The van der Waals surface area contributed by atoms with Crippen molar-refractivity contribution in [2.24, 2.45) is 5.92 Å². The molecule has 2 aromatic rings. The number of nitriles is 2. The first-order chi connectivity index (χ1) is 11.3. The monoisotopic (exact) mass is 300 g/mol. The fourth-order valence-electron chi connectivity index (χ4n) is 4.08. The average molecular weight is 300 g/mol. The van der Waals surface area contributed by atoms with E-state index in [4.69, 9.17) is 0 Å². The van der Waals surface area contributed by atoms with Crippen molar-refractivity contribution >= 4 is 10.8 Å². The lowest BCUT2D eigenvalue weighted by Gasteiger charge is -2.40. The lowest BCUT2D eigenvalue weighted by molar-refractivity contribution is 0.310. The van der Waals surface area contributed by atoms with Crippen molar-refractivity contribution in [2.75, 3.05) is 0 Å². The van der Waals surface area contributed by atoms with Crippen LogP contribution in [0.2, 0.25) is 0 Å². The molecule has 2 heteroatoms. The first-order valence-corrected chi connectivity index (χ1v) is 8.18. The van der Waals surface area contributed by atoms with Gasteiger partial charge in [-0.3, -0.25) is 0 Å². The van der Waals surface area contributed by atoms with Gasteiger partial charge in [-0.05, 0) is 54.0 Å². The van der Waals surface area contributed by atoms with E-state index >= 15 is 0 Å². The second-order valence-corrected chi connectivity index (χ2v) is 6.35. The van der Waals surface area contributed by atoms with E-state index in [2.05, 4.69) is 55.1 Å². The summed E-state index contributed by atoms with van der Waals surface area (Å²) in [5, 5.41) is 21.7. The maximum Gasteiger partial charge on any atom is 0.142 e. The van der Waals surface area contributed by atoms with Crippen molar-refractivity contribution in [3.63, 3.8) is 0 Å². The molecule has 0 radical (unpaired) electrons. The Morgan fingerprint density at radius 3 is 2.61 bits per heavy atom. The second-order valence-electron chi connectivity index (χ2n) is 6.35. The number of rotatable bonds is 5. The van der Waals surface area contributed by atoms with Crippen LogP contribution < -0.4 is 0 Å². The van der Waals surface area contributed by atoms with E-state index in [1.165, 1.54) is 21.9 Å². The molecule has 3 rings (SSSR count). The van der Waals surface area contributed by atoms with Gasteiger partial charge in [0, 0.05) is 5.41 Å². The van der Waals surface area contributed by atoms with Crippen molar-refractivity contribution < 1.29 is 0 Å². The highest BCUT2D eigenvalue weighted by Gasteiger charge is 2.43. The molecule has 0 spiro atoms. The summed E-state index contributed by atoms with van der Waals surface area (Å²) in [6.45, 7) is 3.80. The summed E-state index contributed by atoms with van der Waals surface area (Å²) in [7, 11) is 0. The third-order valence-corrected chi connectivity index (χ3v) is 5.21. The zero-order valence-corrected chi connectivity index (χ0v) is 13.3. The topological polar surface area (TPSA) is 47.6 Å². The van der Waals surface area contributed by atoms with Crippen LogP contribution in [-0.4, -0.2) is 0 Å². The van der Waals surface area contributed by atoms with Gasteiger partial charge in [0.2, 0.25) is 0 Å². The van der Waals surface area contributed by atoms with Gasteiger partial charge >= 0.3 is 0 Å². The quantitative estimate of drug-likeness (QED) is 0.573. The first kappa shape index (κ1) is 15.3. The lowest BCUT2D eigenvalue weighted by atomic mass is 9.61. The van der Waals surface area contributed by atoms with Gasteiger partial charge in [-0.1, -0.05) is 42.5 Å². The van der Waals surface area contributed by atoms with Gasteiger partial charge in [0.1, 0.15) is 5.92 Å². The number of aryl methyl sites for hydroxylation is 1. The highest BCUT2D eigenvalue weighted by Crippen LogP contribution is 2.48. The molecule has 0 fully saturated rings. The van der Waals surface area contributed by atoms with E-state index in [9.17, 15) is 10.5 Å². The molecule has 2 aromatic carbocycles. The first-order valence-electron chi connectivity index (χ1n) is 8.18. The molecule has 1 unspecified atom stereocenters. The average Bonchev–Trinajstić information content (AvgIpc) is 2.59. The molecule has 114 valence electrons. The maximum atomic E-state index is 9.61. The SMILES string of the molecule is C=CCCCC1(C(C#N)C#N)CCc2cccc3cccc1c23. The largest absolute Gasteiger partial charge is 0.197 e. The third-order valence-electron chi connectivity index (χ3n) is 5.21. The van der Waals surface area contributed by atoms with Gasteiger partial charge in [-0.2, -0.15) is 10.5 Å². The molecular weight excluding hydrogens is 280 g/mol. The number of hydrogen-bond acceptors (Lipinski definition) is 2. The van der Waals surface area contributed by atoms with Crippen LogP contribution in [0.25, 0.3) is 10.8 Å². The van der Waals surface area contributed by atoms with Crippen LogP contribution in [-0.2, 0) is 11.8 Å². The Morgan fingerprint density at radius 2 is 1.91 bits per heavy atom. The Labute approximate surface area is 137 Å². The Bertz CT molecular complexity index is 803. The van der Waals surface area contributed by atoms with Crippen molar-refractivity contribution in [3.8, 4) is 12.1 Å². The third kappa shape index (κ3) is 2.41. The van der Waals surface area contributed by atoms with Crippen LogP contribution in [0.15, 0.2) is 49.1 Å². The van der Waals surface area contributed by atoms with Gasteiger partial charge in [0.05, 0.1) is 12.1 Å². The summed E-state index contributed by atoms with van der Waals surface area (Å²) < 4.78 is 0. The normalized spacial score (nSPS) is 19.3. The van der Waals surface area contributed by atoms with E-state index in [-0.39, 0.29) is 5.41 Å². The molecule has 0 N–H and O–H groups in total. The van der Waals surface area contributed by atoms with Crippen molar-refractivity contribution in [1.82, 2.24) is 0 Å². The number of nitrogens with zero attached hydrogens (tertiary/aromatic N) is 2. The Morgan fingerprint density at radius 1 is 1.17 bits per heavy atom. The lowest BCUT2D eigenvalue weighted by Crippen LogP contribution is -2.37. The fraction of sp³-hybridized carbons (Fsp3) is 0.333. The molecular formula is C21H20N2. The van der Waals surface area contributed by atoms with Gasteiger partial charge in [0.25, 0.3) is 0 Å². The molecule has 0 bridgehead atoms. The summed E-state index contributed by atoms with van der Waals surface area (Å²) in [5.74, 6) is -0.605. The molecule has 2 nitrogen and oxygen atoms in total. The van der Waals surface area contributed by atoms with Crippen molar-refractivity contribution in [2.45, 2.75) is 37.5 Å². The van der Waals surface area contributed by atoms with Crippen molar-refractivity contribution in [3.05, 3.63) is 60.2 Å². The molecule has 1 atom stereocenters. The van der Waals surface area contributed by atoms with Gasteiger partial charge in [0.15, 0.2) is 0 Å². The van der Waals surface area contributed by atoms with E-state index in [0.29, 0.717) is 0 Å². The minimum absolute atomic E-state index is 0.361. The molecule has 0 aliphatic heterocycles. The summed E-state index contributed by atoms with van der Waals surface area (Å²) in [4.78, 5) is 0. The van der Waals surface area contributed by atoms with Crippen LogP contribution >= 0.6 is 0 Å². The molecule has 1 aliphatic rings. The molecule has 0 aromatic heterocycles. The highest BCUT2D eigenvalue weighted by molar-refractivity contribution is 5.90. The van der Waals surface area contributed by atoms with Crippen molar-refractivity contribution in [1.29, 1.82) is 10.5 Å². The standard InChI is InChI=1S/C21H20N2/c1-2-3-4-12-21(18(14-22)15-23)13-11-17-8-5-7-16-9-6-10-19(21)20(16)17/h2,5-10,18H,1,3-4,11-13H2. The summed E-state index contributed by atoms with van der Waals surface area (Å²) >= 11 is 0. The molecule has 0 saturated heterocycles. The molecule has 23 heavy (non-hydrogen) atoms. The molecule has 0 heterocycles. The minimum Gasteiger partial charge on any atom is -0.197 e. The summed E-state index contributed by atoms with van der Waals surface area (Å²) in [6.07, 6.45) is 6.45. The second kappa shape index (κ2) is 6.27. The smallest absolute Gasteiger partial charge is 0.142 e. The Hall–Kier alpha value is -2.58. The maximum absolute atomic E-state index is 9.61. The Kier molecular flexibility index (Phi) is 4.18. The summed E-state index contributed by atoms with van der Waals surface area (Å²) in [5.41, 5.74) is 2.17. The van der Waals surface area contributed by atoms with E-state index in [1.54, 1.807) is 0 Å². The van der Waals surface area contributed by atoms with Gasteiger partial charge in [-0.25, -0.2) is 0 Å². The van der Waals surface area contributed by atoms with Gasteiger partial charge < -0.3 is 0 Å². The predicted molar refractivity (Wildman–Crippen MR) is 92.7 cm³/mol. The van der Waals surface area contributed by atoms with Crippen LogP contribution in [0.1, 0.15) is 36.8 Å². The number of allylic oxidation sites excluding steroid dienone is 1. The van der Waals surface area contributed by atoms with Crippen LogP contribution in [0.4, 0.5) is 0 Å². The Balaban J connectivity index is 2.22. The number of hydrogen-bond donors (Lipinski definition) is 0. The zero-order chi connectivity index (χ0) is 16.3. The highest BCUT2D eigenvalue weighted by atomic mass is 14.5. The fourth-order valence-corrected chi connectivity index (χ4v) is 4.08. The molecule has 0 saturated carbocycles. The number of unbranched alkanes of at least 4 members (excludes halogenated alkanes) is 1. The van der Waals surface area contributed by atoms with Gasteiger partial charge in [-0.15, -0.1) is 6.58 Å². The van der Waals surface area contributed by atoms with E-state index < -0.39 is 5.92 Å². The zero-order valence-electron chi connectivity index (χ0n) is 13.3. The van der Waals surface area contributed by atoms with E-state index in [0.717, 1.165) is 32.1 Å².